The summed E-state index contributed by atoms with van der Waals surface area (Å²) < 4.78 is 14.6. The van der Waals surface area contributed by atoms with Crippen LogP contribution in [0.4, 0.5) is 0 Å². The van der Waals surface area contributed by atoms with Gasteiger partial charge in [-0.3, -0.25) is 0 Å². The average molecular weight is 355 g/mol. The molecule has 1 atom stereocenters. The molecule has 5 nitrogen and oxygen atoms in total. The highest BCUT2D eigenvalue weighted by molar-refractivity contribution is 6.62. The van der Waals surface area contributed by atoms with Gasteiger partial charge in [0.1, 0.15) is 0 Å². The third-order valence-corrected chi connectivity index (χ3v) is 6.34. The predicted octanol–water partition coefficient (Wildman–Crippen LogP) is 2.68. The van der Waals surface area contributed by atoms with Gasteiger partial charge in [-0.15, -0.1) is 0 Å². The van der Waals surface area contributed by atoms with Crippen molar-refractivity contribution in [2.45, 2.75) is 58.8 Å². The lowest BCUT2D eigenvalue weighted by Gasteiger charge is -2.32. The van der Waals surface area contributed by atoms with Crippen molar-refractivity contribution >= 4 is 23.6 Å². The quantitative estimate of drug-likeness (QED) is 0.791. The molecular weight excluding hydrogens is 325 g/mol. The highest BCUT2D eigenvalue weighted by Gasteiger charge is 2.51. The lowest BCUT2D eigenvalue weighted by Crippen LogP contribution is -2.41. The molecular formula is C20H30BN3O2. The number of fused-ring (bicyclic) bond motifs is 1. The van der Waals surface area contributed by atoms with Crippen LogP contribution in [0.3, 0.4) is 0 Å². The molecule has 2 fully saturated rings. The molecule has 0 spiro atoms. The predicted molar refractivity (Wildman–Crippen MR) is 106 cm³/mol. The Morgan fingerprint density at radius 1 is 1.15 bits per heavy atom. The summed E-state index contributed by atoms with van der Waals surface area (Å²) in [7, 11) is -0.333. The fourth-order valence-corrected chi connectivity index (χ4v) is 3.86. The van der Waals surface area contributed by atoms with Crippen molar-refractivity contribution in [1.82, 2.24) is 14.5 Å². The van der Waals surface area contributed by atoms with Crippen LogP contribution in [0.5, 0.6) is 0 Å². The fourth-order valence-electron chi connectivity index (χ4n) is 3.86. The Kier molecular flexibility index (Phi) is 4.41. The van der Waals surface area contributed by atoms with Gasteiger partial charge in [0, 0.05) is 19.6 Å². The minimum absolute atomic E-state index is 0.321. The van der Waals surface area contributed by atoms with Crippen molar-refractivity contribution in [3.63, 3.8) is 0 Å². The summed E-state index contributed by atoms with van der Waals surface area (Å²) in [6.45, 7) is 15.2. The van der Waals surface area contributed by atoms with Gasteiger partial charge in [0.2, 0.25) is 0 Å². The summed E-state index contributed by atoms with van der Waals surface area (Å²) in [5.74, 6) is 0.831. The lowest BCUT2D eigenvalue weighted by molar-refractivity contribution is 0.00578. The summed E-state index contributed by atoms with van der Waals surface area (Å²) in [5.41, 5.74) is 2.58. The number of hydrogen-bond donors (Lipinski definition) is 0. The van der Waals surface area contributed by atoms with Gasteiger partial charge >= 0.3 is 7.12 Å². The Morgan fingerprint density at radius 3 is 2.54 bits per heavy atom. The number of nitrogens with zero attached hydrogens (tertiary/aromatic N) is 3. The zero-order valence-electron chi connectivity index (χ0n) is 16.7. The van der Waals surface area contributed by atoms with Crippen LogP contribution in [0.1, 0.15) is 41.0 Å². The average Bonchev–Trinajstić information content (AvgIpc) is 3.22. The largest absolute Gasteiger partial charge is 0.494 e. The molecule has 4 rings (SSSR count). The highest BCUT2D eigenvalue weighted by Crippen LogP contribution is 2.36. The summed E-state index contributed by atoms with van der Waals surface area (Å²) in [5, 5.41) is 0. The van der Waals surface area contributed by atoms with E-state index in [1.165, 1.54) is 25.0 Å². The van der Waals surface area contributed by atoms with E-state index in [4.69, 9.17) is 9.31 Å². The van der Waals surface area contributed by atoms with Gasteiger partial charge in [0.15, 0.2) is 0 Å². The van der Waals surface area contributed by atoms with Crippen LogP contribution in [0, 0.1) is 5.92 Å². The maximum atomic E-state index is 6.17. The van der Waals surface area contributed by atoms with E-state index in [1.807, 2.05) is 6.33 Å². The number of rotatable bonds is 4. The smallest absolute Gasteiger partial charge is 0.399 e. The summed E-state index contributed by atoms with van der Waals surface area (Å²) in [6, 6.07) is 6.36. The Morgan fingerprint density at radius 2 is 1.88 bits per heavy atom. The van der Waals surface area contributed by atoms with Crippen molar-refractivity contribution in [2.75, 3.05) is 19.6 Å². The SMILES string of the molecule is CC1CCN(CCn2cnc3cc(B4OC(C)(C)C(C)(C)O4)ccc32)C1. The van der Waals surface area contributed by atoms with Crippen LogP contribution >= 0.6 is 0 Å². The Hall–Kier alpha value is -1.37. The first-order valence-electron chi connectivity index (χ1n) is 9.78. The number of imidazole rings is 1. The van der Waals surface area contributed by atoms with Gasteiger partial charge < -0.3 is 18.8 Å². The Labute approximate surface area is 156 Å². The zero-order valence-corrected chi connectivity index (χ0v) is 16.7. The van der Waals surface area contributed by atoms with E-state index in [0.717, 1.165) is 30.0 Å². The molecule has 2 aliphatic rings. The molecule has 1 aromatic heterocycles. The maximum absolute atomic E-state index is 6.17. The zero-order chi connectivity index (χ0) is 18.5. The molecule has 0 aliphatic carbocycles. The normalized spacial score (nSPS) is 25.4. The molecule has 2 saturated heterocycles. The van der Waals surface area contributed by atoms with E-state index in [9.17, 15) is 0 Å². The third kappa shape index (κ3) is 3.19. The third-order valence-electron chi connectivity index (χ3n) is 6.34. The molecule has 2 aliphatic heterocycles. The van der Waals surface area contributed by atoms with Gasteiger partial charge in [-0.25, -0.2) is 4.98 Å². The molecule has 140 valence electrons. The molecule has 0 saturated carbocycles. The molecule has 6 heteroatoms. The molecule has 1 unspecified atom stereocenters. The van der Waals surface area contributed by atoms with Gasteiger partial charge in [0.05, 0.1) is 28.6 Å². The van der Waals surface area contributed by atoms with Gasteiger partial charge in [-0.05, 0) is 64.2 Å². The molecule has 0 amide bonds. The van der Waals surface area contributed by atoms with E-state index >= 15 is 0 Å². The second-order valence-corrected chi connectivity index (χ2v) is 8.97. The first-order chi connectivity index (χ1) is 12.2. The van der Waals surface area contributed by atoms with Crippen LogP contribution in [0.15, 0.2) is 24.5 Å². The van der Waals surface area contributed by atoms with Gasteiger partial charge in [-0.2, -0.15) is 0 Å². The first kappa shape index (κ1) is 18.0. The second kappa shape index (κ2) is 6.36. The minimum atomic E-state index is -0.333. The molecule has 2 aromatic rings. The van der Waals surface area contributed by atoms with Crippen molar-refractivity contribution in [3.8, 4) is 0 Å². The molecule has 1 aromatic carbocycles. The van der Waals surface area contributed by atoms with E-state index in [1.54, 1.807) is 0 Å². The van der Waals surface area contributed by atoms with Crippen molar-refractivity contribution in [2.24, 2.45) is 5.92 Å². The Balaban J connectivity index is 1.49. The molecule has 26 heavy (non-hydrogen) atoms. The summed E-state index contributed by atoms with van der Waals surface area (Å²) in [6.07, 6.45) is 3.28. The van der Waals surface area contributed by atoms with Crippen molar-refractivity contribution in [1.29, 1.82) is 0 Å². The van der Waals surface area contributed by atoms with Crippen LogP contribution in [0.25, 0.3) is 11.0 Å². The van der Waals surface area contributed by atoms with E-state index in [2.05, 4.69) is 67.3 Å². The van der Waals surface area contributed by atoms with E-state index < -0.39 is 0 Å². The maximum Gasteiger partial charge on any atom is 0.494 e. The fraction of sp³-hybridized carbons (Fsp3) is 0.650. The molecule has 0 N–H and O–H groups in total. The summed E-state index contributed by atoms with van der Waals surface area (Å²) in [4.78, 5) is 7.17. The number of likely N-dealkylation sites (tertiary alicyclic amines) is 1. The molecule has 0 radical (unpaired) electrons. The van der Waals surface area contributed by atoms with Crippen molar-refractivity contribution < 1.29 is 9.31 Å². The molecule has 0 bridgehead atoms. The monoisotopic (exact) mass is 355 g/mol. The van der Waals surface area contributed by atoms with Crippen LogP contribution in [-0.4, -0.2) is 52.4 Å². The standard InChI is InChI=1S/C20H30BN3O2/c1-15-8-9-23(13-15)10-11-24-14-22-17-12-16(6-7-18(17)24)21-25-19(2,3)20(4,5)26-21/h6-7,12,14-15H,8-11,13H2,1-5H3. The minimum Gasteiger partial charge on any atom is -0.399 e. The topological polar surface area (TPSA) is 39.5 Å². The van der Waals surface area contributed by atoms with Crippen molar-refractivity contribution in [3.05, 3.63) is 24.5 Å². The number of hydrogen-bond acceptors (Lipinski definition) is 4. The van der Waals surface area contributed by atoms with Crippen LogP contribution in [-0.2, 0) is 15.9 Å². The Bertz CT molecular complexity index is 785. The molecule has 3 heterocycles. The highest BCUT2D eigenvalue weighted by atomic mass is 16.7. The second-order valence-electron chi connectivity index (χ2n) is 8.97. The van der Waals surface area contributed by atoms with Gasteiger partial charge in [-0.1, -0.05) is 13.0 Å². The number of aromatic nitrogens is 2. The van der Waals surface area contributed by atoms with Crippen LogP contribution in [0.2, 0.25) is 0 Å². The van der Waals surface area contributed by atoms with Gasteiger partial charge in [0.25, 0.3) is 0 Å². The lowest BCUT2D eigenvalue weighted by atomic mass is 9.79. The van der Waals surface area contributed by atoms with Crippen LogP contribution < -0.4 is 5.46 Å². The van der Waals surface area contributed by atoms with E-state index in [0.29, 0.717) is 0 Å². The first-order valence-corrected chi connectivity index (χ1v) is 9.78. The van der Waals surface area contributed by atoms with E-state index in [-0.39, 0.29) is 18.3 Å². The summed E-state index contributed by atoms with van der Waals surface area (Å²) >= 11 is 0. The number of benzene rings is 1.